The molecule has 0 unspecified atom stereocenters. The predicted octanol–water partition coefficient (Wildman–Crippen LogP) is 3.16. The molecule has 0 aromatic heterocycles. The van der Waals surface area contributed by atoms with Gasteiger partial charge in [-0.05, 0) is 36.6 Å². The van der Waals surface area contributed by atoms with E-state index in [1.807, 2.05) is 13.8 Å². The van der Waals surface area contributed by atoms with Crippen molar-refractivity contribution >= 4 is 23.5 Å². The molecule has 160 valence electrons. The summed E-state index contributed by atoms with van der Waals surface area (Å²) in [5.41, 5.74) is 0.105. The lowest BCUT2D eigenvalue weighted by Gasteiger charge is -2.12. The van der Waals surface area contributed by atoms with E-state index in [9.17, 15) is 18.8 Å². The number of hydrogen-bond donors (Lipinski definition) is 2. The quantitative estimate of drug-likeness (QED) is 0.581. The number of rotatable bonds is 10. The van der Waals surface area contributed by atoms with E-state index in [0.717, 1.165) is 6.42 Å². The first-order chi connectivity index (χ1) is 14.4. The summed E-state index contributed by atoms with van der Waals surface area (Å²) in [6, 6.07) is 11.9. The topological polar surface area (TPSA) is 93.7 Å². The lowest BCUT2D eigenvalue weighted by atomic mass is 10.1. The summed E-state index contributed by atoms with van der Waals surface area (Å²) in [4.78, 5) is 36.1. The van der Waals surface area contributed by atoms with E-state index in [0.29, 0.717) is 12.5 Å². The number of hydrogen-bond acceptors (Lipinski definition) is 5. The van der Waals surface area contributed by atoms with Crippen molar-refractivity contribution in [3.63, 3.8) is 0 Å². The molecule has 0 atom stereocenters. The van der Waals surface area contributed by atoms with Gasteiger partial charge in [-0.3, -0.25) is 9.59 Å². The summed E-state index contributed by atoms with van der Waals surface area (Å²) in [6.07, 6.45) is 0.825. The van der Waals surface area contributed by atoms with E-state index >= 15 is 0 Å². The van der Waals surface area contributed by atoms with Gasteiger partial charge in [-0.1, -0.05) is 38.1 Å². The van der Waals surface area contributed by atoms with Gasteiger partial charge < -0.3 is 20.1 Å². The summed E-state index contributed by atoms with van der Waals surface area (Å²) in [6.45, 7) is 3.73. The zero-order valence-electron chi connectivity index (χ0n) is 16.9. The van der Waals surface area contributed by atoms with E-state index in [1.54, 1.807) is 18.2 Å². The lowest BCUT2D eigenvalue weighted by Crippen LogP contribution is -2.30. The molecule has 2 amide bonds. The maximum absolute atomic E-state index is 13.6. The van der Waals surface area contributed by atoms with Gasteiger partial charge in [0.2, 0.25) is 0 Å². The molecule has 0 saturated heterocycles. The third-order valence-electron chi connectivity index (χ3n) is 3.99. The van der Waals surface area contributed by atoms with Crippen LogP contribution >= 0.6 is 0 Å². The molecule has 0 aliphatic rings. The van der Waals surface area contributed by atoms with Crippen molar-refractivity contribution in [1.29, 1.82) is 0 Å². The van der Waals surface area contributed by atoms with Crippen LogP contribution in [0.3, 0.4) is 0 Å². The smallest absolute Gasteiger partial charge is 0.342 e. The molecule has 0 bridgehead atoms. The van der Waals surface area contributed by atoms with Gasteiger partial charge in [-0.2, -0.15) is 0 Å². The second kappa shape index (κ2) is 11.5. The Labute approximate surface area is 174 Å². The highest BCUT2D eigenvalue weighted by Gasteiger charge is 2.16. The van der Waals surface area contributed by atoms with Crippen LogP contribution < -0.4 is 15.4 Å². The van der Waals surface area contributed by atoms with Crippen molar-refractivity contribution in [2.45, 2.75) is 20.3 Å². The van der Waals surface area contributed by atoms with Gasteiger partial charge in [0.25, 0.3) is 11.8 Å². The zero-order chi connectivity index (χ0) is 21.9. The minimum Gasteiger partial charge on any atom is -0.483 e. The van der Waals surface area contributed by atoms with Crippen LogP contribution in [0, 0.1) is 11.7 Å². The Morgan fingerprint density at radius 2 is 1.67 bits per heavy atom. The Morgan fingerprint density at radius 3 is 2.40 bits per heavy atom. The van der Waals surface area contributed by atoms with Gasteiger partial charge in [-0.15, -0.1) is 0 Å². The monoisotopic (exact) mass is 416 g/mol. The molecule has 2 aromatic carbocycles. The summed E-state index contributed by atoms with van der Waals surface area (Å²) in [5.74, 6) is -1.74. The second-order valence-electron chi connectivity index (χ2n) is 6.92. The number of ether oxygens (including phenoxy) is 2. The molecule has 0 aliphatic carbocycles. The van der Waals surface area contributed by atoms with Crippen LogP contribution in [0.25, 0.3) is 0 Å². The Balaban J connectivity index is 1.87. The number of carbonyl (C=O) groups is 3. The Bertz CT molecular complexity index is 885. The van der Waals surface area contributed by atoms with Crippen molar-refractivity contribution in [3.05, 3.63) is 59.9 Å². The van der Waals surface area contributed by atoms with Gasteiger partial charge in [-0.25, -0.2) is 9.18 Å². The Hall–Kier alpha value is -3.42. The molecular weight excluding hydrogens is 391 g/mol. The van der Waals surface area contributed by atoms with Crippen LogP contribution in [0.2, 0.25) is 0 Å². The normalized spacial score (nSPS) is 10.4. The van der Waals surface area contributed by atoms with Crippen molar-refractivity contribution in [1.82, 2.24) is 5.32 Å². The van der Waals surface area contributed by atoms with Gasteiger partial charge in [0.05, 0.1) is 5.69 Å². The SMILES string of the molecule is CC(C)CCNC(=O)COC(=O)c1ccccc1OCC(=O)Nc1ccccc1F. The minimum atomic E-state index is -0.751. The zero-order valence-corrected chi connectivity index (χ0v) is 16.9. The Morgan fingerprint density at radius 1 is 0.967 bits per heavy atom. The molecule has 0 fully saturated rings. The number of amides is 2. The molecule has 30 heavy (non-hydrogen) atoms. The van der Waals surface area contributed by atoms with Crippen molar-refractivity contribution in [2.24, 2.45) is 5.92 Å². The summed E-state index contributed by atoms with van der Waals surface area (Å²) < 4.78 is 24.0. The number of para-hydroxylation sites is 2. The highest BCUT2D eigenvalue weighted by atomic mass is 19.1. The fourth-order valence-electron chi connectivity index (χ4n) is 2.41. The highest BCUT2D eigenvalue weighted by Crippen LogP contribution is 2.19. The minimum absolute atomic E-state index is 0.0299. The van der Waals surface area contributed by atoms with Crippen LogP contribution in [-0.4, -0.2) is 37.5 Å². The van der Waals surface area contributed by atoms with E-state index in [2.05, 4.69) is 10.6 Å². The number of carbonyl (C=O) groups excluding carboxylic acids is 3. The van der Waals surface area contributed by atoms with Gasteiger partial charge in [0, 0.05) is 6.54 Å². The molecule has 8 heteroatoms. The molecule has 2 rings (SSSR count). The van der Waals surface area contributed by atoms with Gasteiger partial charge >= 0.3 is 5.97 Å². The lowest BCUT2D eigenvalue weighted by molar-refractivity contribution is -0.124. The molecule has 0 spiro atoms. The summed E-state index contributed by atoms with van der Waals surface area (Å²) >= 11 is 0. The van der Waals surface area contributed by atoms with E-state index < -0.39 is 36.8 Å². The number of anilines is 1. The van der Waals surface area contributed by atoms with Crippen LogP contribution in [0.5, 0.6) is 5.75 Å². The van der Waals surface area contributed by atoms with Crippen LogP contribution in [0.1, 0.15) is 30.6 Å². The number of esters is 1. The fraction of sp³-hybridized carbons (Fsp3) is 0.318. The van der Waals surface area contributed by atoms with Gasteiger partial charge in [0.1, 0.15) is 17.1 Å². The first-order valence-corrected chi connectivity index (χ1v) is 9.57. The highest BCUT2D eigenvalue weighted by molar-refractivity contribution is 5.95. The fourth-order valence-corrected chi connectivity index (χ4v) is 2.41. The van der Waals surface area contributed by atoms with E-state index in [4.69, 9.17) is 9.47 Å². The molecule has 0 heterocycles. The second-order valence-corrected chi connectivity index (χ2v) is 6.92. The summed E-state index contributed by atoms with van der Waals surface area (Å²) in [7, 11) is 0. The number of halogens is 1. The largest absolute Gasteiger partial charge is 0.483 e. The summed E-state index contributed by atoms with van der Waals surface area (Å²) in [5, 5.41) is 5.06. The van der Waals surface area contributed by atoms with Crippen LogP contribution in [0.15, 0.2) is 48.5 Å². The average Bonchev–Trinajstić information content (AvgIpc) is 2.72. The van der Waals surface area contributed by atoms with Crippen molar-refractivity contribution < 1.29 is 28.2 Å². The molecule has 2 N–H and O–H groups in total. The van der Waals surface area contributed by atoms with Gasteiger partial charge in [0.15, 0.2) is 13.2 Å². The molecular formula is C22H25FN2O5. The molecule has 0 saturated carbocycles. The maximum Gasteiger partial charge on any atom is 0.342 e. The molecule has 0 radical (unpaired) electrons. The maximum atomic E-state index is 13.6. The van der Waals surface area contributed by atoms with E-state index in [-0.39, 0.29) is 17.0 Å². The Kier molecular flexibility index (Phi) is 8.80. The molecule has 2 aromatic rings. The van der Waals surface area contributed by atoms with Crippen LogP contribution in [0.4, 0.5) is 10.1 Å². The first kappa shape index (κ1) is 22.9. The number of nitrogens with one attached hydrogen (secondary N) is 2. The van der Waals surface area contributed by atoms with Crippen molar-refractivity contribution in [2.75, 3.05) is 25.1 Å². The predicted molar refractivity (Wildman–Crippen MR) is 110 cm³/mol. The van der Waals surface area contributed by atoms with E-state index in [1.165, 1.54) is 30.3 Å². The third kappa shape index (κ3) is 7.54. The third-order valence-corrected chi connectivity index (χ3v) is 3.99. The molecule has 0 aliphatic heterocycles. The average molecular weight is 416 g/mol. The first-order valence-electron chi connectivity index (χ1n) is 9.57. The number of benzene rings is 2. The standard InChI is InChI=1S/C22H25FN2O5/c1-15(2)11-12-24-20(26)13-30-22(28)16-7-3-6-10-19(16)29-14-21(27)25-18-9-5-4-8-17(18)23/h3-10,15H,11-14H2,1-2H3,(H,24,26)(H,25,27). The van der Waals surface area contributed by atoms with Crippen LogP contribution in [-0.2, 0) is 14.3 Å². The van der Waals surface area contributed by atoms with Crippen molar-refractivity contribution in [3.8, 4) is 5.75 Å². The molecule has 7 nitrogen and oxygen atoms in total.